The molecule has 0 N–H and O–H groups in total. The first-order chi connectivity index (χ1) is 12.1. The minimum Gasteiger partial charge on any atom is -0.335 e. The summed E-state index contributed by atoms with van der Waals surface area (Å²) in [6, 6.07) is 3.95. The number of carbonyl (C=O) groups is 1. The summed E-state index contributed by atoms with van der Waals surface area (Å²) in [5.74, 6) is -1.12. The first-order valence-corrected chi connectivity index (χ1v) is 9.24. The van der Waals surface area contributed by atoms with Gasteiger partial charge in [-0.2, -0.15) is 0 Å². The van der Waals surface area contributed by atoms with Crippen LogP contribution in [0.3, 0.4) is 0 Å². The maximum atomic E-state index is 13.9. The van der Waals surface area contributed by atoms with Crippen molar-refractivity contribution < 1.29 is 13.6 Å². The minimum absolute atomic E-state index is 0.0819. The number of halogens is 2. The molecule has 0 radical (unpaired) electrons. The Balaban J connectivity index is 1.41. The molecule has 1 aromatic heterocycles. The number of rotatable bonds is 7. The first-order valence-electron chi connectivity index (χ1n) is 8.26. The fraction of sp³-hybridized carbons (Fsp3) is 0.500. The van der Waals surface area contributed by atoms with Crippen LogP contribution in [0.2, 0.25) is 0 Å². The molecule has 4 rings (SSSR count). The molecule has 0 atom stereocenters. The highest BCUT2D eigenvalue weighted by molar-refractivity contribution is 7.99. The number of carbonyl (C=O) groups excluding carboxylic acids is 1. The molecular weight excluding hydrogens is 348 g/mol. The summed E-state index contributed by atoms with van der Waals surface area (Å²) in [6.07, 6.45) is 3.95. The normalized spacial score (nSPS) is 16.9. The van der Waals surface area contributed by atoms with Crippen LogP contribution < -0.4 is 0 Å². The summed E-state index contributed by atoms with van der Waals surface area (Å²) in [4.78, 5) is 14.3. The Morgan fingerprint density at radius 1 is 1.28 bits per heavy atom. The average molecular weight is 365 g/mol. The molecule has 1 aromatic carbocycles. The molecular formula is C16H17F2N5OS. The van der Waals surface area contributed by atoms with Gasteiger partial charge in [-0.1, -0.05) is 17.8 Å². The third-order valence-corrected chi connectivity index (χ3v) is 5.26. The van der Waals surface area contributed by atoms with Crippen molar-refractivity contribution in [3.8, 4) is 0 Å². The van der Waals surface area contributed by atoms with E-state index in [2.05, 4.69) is 15.5 Å². The highest BCUT2D eigenvalue weighted by Gasteiger charge is 2.34. The first kappa shape index (κ1) is 16.4. The Hall–Kier alpha value is -2.03. The number of hydrogen-bond donors (Lipinski definition) is 0. The Morgan fingerprint density at radius 3 is 2.76 bits per heavy atom. The maximum Gasteiger partial charge on any atom is 0.233 e. The third kappa shape index (κ3) is 3.81. The van der Waals surface area contributed by atoms with Crippen molar-refractivity contribution in [2.75, 3.05) is 5.75 Å². The Bertz CT molecular complexity index is 791. The molecule has 2 aliphatic rings. The summed E-state index contributed by atoms with van der Waals surface area (Å²) in [6.45, 7) is 0.156. The standard InChI is InChI=1S/C16H17F2N5OS/c17-11-2-1-10(14(18)7-11)8-22(12-3-4-12)15(24)9-25-16-19-20-21-23(16)13-5-6-13/h1-2,7,12-13H,3-6,8-9H2. The molecule has 0 bridgehead atoms. The molecule has 2 aliphatic carbocycles. The van der Waals surface area contributed by atoms with Gasteiger partial charge in [-0.25, -0.2) is 13.5 Å². The second-order valence-electron chi connectivity index (χ2n) is 6.41. The highest BCUT2D eigenvalue weighted by atomic mass is 32.2. The number of tetrazole rings is 1. The Morgan fingerprint density at radius 2 is 2.08 bits per heavy atom. The number of thioether (sulfide) groups is 1. The minimum atomic E-state index is -0.622. The van der Waals surface area contributed by atoms with E-state index >= 15 is 0 Å². The van der Waals surface area contributed by atoms with Crippen LogP contribution in [-0.2, 0) is 11.3 Å². The predicted molar refractivity (Wildman–Crippen MR) is 86.7 cm³/mol. The van der Waals surface area contributed by atoms with Crippen molar-refractivity contribution in [1.29, 1.82) is 0 Å². The highest BCUT2D eigenvalue weighted by Crippen LogP contribution is 2.36. The molecule has 0 spiro atoms. The molecule has 0 unspecified atom stereocenters. The molecule has 0 saturated heterocycles. The van der Waals surface area contributed by atoms with E-state index in [9.17, 15) is 13.6 Å². The third-order valence-electron chi connectivity index (χ3n) is 4.34. The van der Waals surface area contributed by atoms with Gasteiger partial charge >= 0.3 is 0 Å². The number of amides is 1. The van der Waals surface area contributed by atoms with Crippen LogP contribution >= 0.6 is 11.8 Å². The lowest BCUT2D eigenvalue weighted by molar-refractivity contribution is -0.129. The van der Waals surface area contributed by atoms with Crippen molar-refractivity contribution in [2.45, 2.75) is 49.5 Å². The van der Waals surface area contributed by atoms with Crippen molar-refractivity contribution in [3.05, 3.63) is 35.4 Å². The number of benzene rings is 1. The van der Waals surface area contributed by atoms with Crippen LogP contribution in [0.25, 0.3) is 0 Å². The fourth-order valence-electron chi connectivity index (χ4n) is 2.68. The summed E-state index contributed by atoms with van der Waals surface area (Å²) in [7, 11) is 0. The second-order valence-corrected chi connectivity index (χ2v) is 7.36. The molecule has 0 aliphatic heterocycles. The topological polar surface area (TPSA) is 63.9 Å². The van der Waals surface area contributed by atoms with E-state index < -0.39 is 11.6 Å². The number of nitrogens with zero attached hydrogens (tertiary/aromatic N) is 5. The van der Waals surface area contributed by atoms with E-state index in [0.717, 1.165) is 31.7 Å². The van der Waals surface area contributed by atoms with E-state index in [-0.39, 0.29) is 24.2 Å². The van der Waals surface area contributed by atoms with Gasteiger partial charge in [0, 0.05) is 24.2 Å². The monoisotopic (exact) mass is 365 g/mol. The lowest BCUT2D eigenvalue weighted by Gasteiger charge is -2.22. The quantitative estimate of drug-likeness (QED) is 0.706. The van der Waals surface area contributed by atoms with Crippen molar-refractivity contribution >= 4 is 17.7 Å². The summed E-state index contributed by atoms with van der Waals surface area (Å²) >= 11 is 1.30. The number of hydrogen-bond acceptors (Lipinski definition) is 5. The van der Waals surface area contributed by atoms with Gasteiger partial charge in [0.2, 0.25) is 11.1 Å². The van der Waals surface area contributed by atoms with E-state index in [0.29, 0.717) is 16.8 Å². The van der Waals surface area contributed by atoms with Gasteiger partial charge in [-0.15, -0.1) is 5.10 Å². The molecule has 1 heterocycles. The van der Waals surface area contributed by atoms with Gasteiger partial charge in [0.1, 0.15) is 11.6 Å². The lowest BCUT2D eigenvalue weighted by atomic mass is 10.2. The van der Waals surface area contributed by atoms with Crippen LogP contribution in [0.4, 0.5) is 8.78 Å². The van der Waals surface area contributed by atoms with Crippen LogP contribution in [0, 0.1) is 11.6 Å². The van der Waals surface area contributed by atoms with Crippen LogP contribution in [-0.4, -0.2) is 42.8 Å². The number of aromatic nitrogens is 4. The Kier molecular flexibility index (Phi) is 4.41. The maximum absolute atomic E-state index is 13.9. The van der Waals surface area contributed by atoms with Gasteiger partial charge in [0.05, 0.1) is 11.8 Å². The molecule has 1 amide bonds. The predicted octanol–water partition coefficient (Wildman–Crippen LogP) is 2.57. The van der Waals surface area contributed by atoms with Crippen LogP contribution in [0.15, 0.2) is 23.4 Å². The van der Waals surface area contributed by atoms with E-state index in [1.165, 1.54) is 23.9 Å². The van der Waals surface area contributed by atoms with Crippen molar-refractivity contribution in [2.24, 2.45) is 0 Å². The van der Waals surface area contributed by atoms with Gasteiger partial charge in [0.25, 0.3) is 0 Å². The SMILES string of the molecule is O=C(CSc1nnnn1C1CC1)N(Cc1ccc(F)cc1F)C1CC1. The van der Waals surface area contributed by atoms with Crippen LogP contribution in [0.5, 0.6) is 0 Å². The zero-order valence-corrected chi connectivity index (χ0v) is 14.3. The second kappa shape index (κ2) is 6.70. The lowest BCUT2D eigenvalue weighted by Crippen LogP contribution is -2.34. The van der Waals surface area contributed by atoms with Gasteiger partial charge in [-0.05, 0) is 42.2 Å². The van der Waals surface area contributed by atoms with Gasteiger partial charge < -0.3 is 4.90 Å². The summed E-state index contributed by atoms with van der Waals surface area (Å²) in [5, 5.41) is 12.2. The summed E-state index contributed by atoms with van der Waals surface area (Å²) < 4.78 is 28.7. The zero-order chi connectivity index (χ0) is 17.4. The average Bonchev–Trinajstić information content (AvgIpc) is 3.51. The van der Waals surface area contributed by atoms with Crippen molar-refractivity contribution in [3.63, 3.8) is 0 Å². The molecule has 2 saturated carbocycles. The molecule has 9 heteroatoms. The Labute approximate surface area is 147 Å². The van der Waals surface area contributed by atoms with Gasteiger partial charge in [0.15, 0.2) is 0 Å². The van der Waals surface area contributed by atoms with E-state index in [1.807, 2.05) is 0 Å². The summed E-state index contributed by atoms with van der Waals surface area (Å²) in [5.41, 5.74) is 0.328. The zero-order valence-electron chi connectivity index (χ0n) is 13.4. The van der Waals surface area contributed by atoms with E-state index in [4.69, 9.17) is 0 Å². The van der Waals surface area contributed by atoms with Crippen molar-refractivity contribution in [1.82, 2.24) is 25.1 Å². The fourth-order valence-corrected chi connectivity index (χ4v) is 3.51. The van der Waals surface area contributed by atoms with Gasteiger partial charge in [-0.3, -0.25) is 4.79 Å². The smallest absolute Gasteiger partial charge is 0.233 e. The molecule has 2 aromatic rings. The molecule has 132 valence electrons. The van der Waals surface area contributed by atoms with Crippen LogP contribution in [0.1, 0.15) is 37.3 Å². The molecule has 6 nitrogen and oxygen atoms in total. The van der Waals surface area contributed by atoms with E-state index in [1.54, 1.807) is 9.58 Å². The largest absolute Gasteiger partial charge is 0.335 e. The molecule has 2 fully saturated rings. The molecule has 25 heavy (non-hydrogen) atoms.